The number of nitrogens with zero attached hydrogens (tertiary/aromatic N) is 1. The van der Waals surface area contributed by atoms with Crippen molar-refractivity contribution in [2.75, 3.05) is 23.8 Å². The maximum absolute atomic E-state index is 14.0. The van der Waals surface area contributed by atoms with Crippen LogP contribution >= 0.6 is 0 Å². The number of halogens is 1. The minimum Gasteiger partial charge on any atom is -0.490 e. The van der Waals surface area contributed by atoms with Crippen molar-refractivity contribution >= 4 is 11.4 Å². The summed E-state index contributed by atoms with van der Waals surface area (Å²) in [5, 5.41) is 0. The van der Waals surface area contributed by atoms with Gasteiger partial charge in [-0.15, -0.1) is 0 Å². The minimum atomic E-state index is -0.357. The number of nitrogen functional groups attached to an aromatic ring is 1. The highest BCUT2D eigenvalue weighted by molar-refractivity contribution is 5.71. The van der Waals surface area contributed by atoms with E-state index < -0.39 is 0 Å². The third kappa shape index (κ3) is 2.81. The zero-order valence-corrected chi connectivity index (χ0v) is 12.8. The van der Waals surface area contributed by atoms with E-state index in [1.165, 1.54) is 38.2 Å². The minimum absolute atomic E-state index is 0.334. The van der Waals surface area contributed by atoms with Gasteiger partial charge in [-0.2, -0.15) is 0 Å². The van der Waals surface area contributed by atoms with Crippen LogP contribution < -0.4 is 15.4 Å². The molecule has 2 unspecified atom stereocenters. The Morgan fingerprint density at radius 1 is 1.29 bits per heavy atom. The highest BCUT2D eigenvalue weighted by Gasteiger charge is 2.36. The lowest BCUT2D eigenvalue weighted by Gasteiger charge is -2.34. The van der Waals surface area contributed by atoms with Crippen molar-refractivity contribution in [3.63, 3.8) is 0 Å². The van der Waals surface area contributed by atoms with E-state index in [1.807, 2.05) is 6.92 Å². The lowest BCUT2D eigenvalue weighted by molar-refractivity contribution is 0.301. The quantitative estimate of drug-likeness (QED) is 0.854. The Morgan fingerprint density at radius 3 is 2.90 bits per heavy atom. The zero-order valence-electron chi connectivity index (χ0n) is 12.8. The molecule has 1 aliphatic carbocycles. The van der Waals surface area contributed by atoms with Crippen LogP contribution in [-0.2, 0) is 0 Å². The van der Waals surface area contributed by atoms with Crippen molar-refractivity contribution in [1.82, 2.24) is 0 Å². The van der Waals surface area contributed by atoms with Gasteiger partial charge in [-0.05, 0) is 31.6 Å². The summed E-state index contributed by atoms with van der Waals surface area (Å²) in [6.45, 7) is 3.58. The van der Waals surface area contributed by atoms with Crippen molar-refractivity contribution in [1.29, 1.82) is 0 Å². The van der Waals surface area contributed by atoms with Gasteiger partial charge in [-0.3, -0.25) is 0 Å². The summed E-state index contributed by atoms with van der Waals surface area (Å²) in [5.74, 6) is 0.757. The van der Waals surface area contributed by atoms with Gasteiger partial charge in [0.15, 0.2) is 11.6 Å². The fraction of sp³-hybridized carbons (Fsp3) is 0.647. The molecule has 0 spiro atoms. The molecule has 0 radical (unpaired) electrons. The fourth-order valence-electron chi connectivity index (χ4n) is 3.83. The molecule has 1 aromatic carbocycles. The van der Waals surface area contributed by atoms with Gasteiger partial charge in [-0.25, -0.2) is 4.39 Å². The number of nitrogens with two attached hydrogens (primary N) is 1. The van der Waals surface area contributed by atoms with E-state index in [0.29, 0.717) is 24.1 Å². The summed E-state index contributed by atoms with van der Waals surface area (Å²) in [5.41, 5.74) is 7.57. The highest BCUT2D eigenvalue weighted by atomic mass is 19.1. The largest absolute Gasteiger partial charge is 0.490 e. The van der Waals surface area contributed by atoms with E-state index >= 15 is 0 Å². The molecule has 1 saturated carbocycles. The second-order valence-corrected chi connectivity index (χ2v) is 6.28. The smallest absolute Gasteiger partial charge is 0.167 e. The Hall–Kier alpha value is -1.45. The number of fused-ring (bicyclic) bond motifs is 1. The summed E-state index contributed by atoms with van der Waals surface area (Å²) < 4.78 is 19.5. The van der Waals surface area contributed by atoms with Crippen LogP contribution in [0.25, 0.3) is 0 Å². The molecule has 0 bridgehead atoms. The van der Waals surface area contributed by atoms with Crippen LogP contribution in [0.4, 0.5) is 15.8 Å². The highest BCUT2D eigenvalue weighted by Crippen LogP contribution is 2.42. The van der Waals surface area contributed by atoms with Crippen LogP contribution in [0.1, 0.15) is 45.4 Å². The van der Waals surface area contributed by atoms with Crippen LogP contribution in [-0.4, -0.2) is 19.2 Å². The molecule has 21 heavy (non-hydrogen) atoms. The number of benzene rings is 1. The maximum Gasteiger partial charge on any atom is 0.167 e. The molecule has 1 aliphatic heterocycles. The first-order valence-corrected chi connectivity index (χ1v) is 8.19. The molecule has 0 aromatic heterocycles. The van der Waals surface area contributed by atoms with Crippen molar-refractivity contribution in [3.05, 3.63) is 17.9 Å². The zero-order chi connectivity index (χ0) is 14.8. The SMILES string of the molecule is CCCOc1cc(N2CCC3CCCCC32)c(N)cc1F. The molecule has 2 atom stereocenters. The Morgan fingerprint density at radius 2 is 2.10 bits per heavy atom. The van der Waals surface area contributed by atoms with Gasteiger partial charge in [0.25, 0.3) is 0 Å². The Labute approximate surface area is 126 Å². The van der Waals surface area contributed by atoms with Gasteiger partial charge in [0.05, 0.1) is 18.0 Å². The lowest BCUT2D eigenvalue weighted by atomic mass is 9.85. The summed E-state index contributed by atoms with van der Waals surface area (Å²) >= 11 is 0. The van der Waals surface area contributed by atoms with E-state index in [0.717, 1.165) is 24.6 Å². The second kappa shape index (κ2) is 6.12. The van der Waals surface area contributed by atoms with Crippen LogP contribution in [0.15, 0.2) is 12.1 Å². The molecule has 3 nitrogen and oxygen atoms in total. The summed E-state index contributed by atoms with van der Waals surface area (Å²) in [6.07, 6.45) is 7.28. The van der Waals surface area contributed by atoms with Crippen molar-refractivity contribution in [3.8, 4) is 5.75 Å². The predicted molar refractivity (Wildman–Crippen MR) is 84.3 cm³/mol. The van der Waals surface area contributed by atoms with Gasteiger partial charge >= 0.3 is 0 Å². The van der Waals surface area contributed by atoms with E-state index in [1.54, 1.807) is 6.07 Å². The Bertz CT molecular complexity index is 506. The van der Waals surface area contributed by atoms with Gasteiger partial charge in [-0.1, -0.05) is 19.8 Å². The Kier molecular flexibility index (Phi) is 4.22. The first-order valence-electron chi connectivity index (χ1n) is 8.19. The predicted octanol–water partition coefficient (Wildman–Crippen LogP) is 3.97. The summed E-state index contributed by atoms with van der Waals surface area (Å²) in [4.78, 5) is 2.39. The average molecular weight is 292 g/mol. The van der Waals surface area contributed by atoms with E-state index in [9.17, 15) is 4.39 Å². The van der Waals surface area contributed by atoms with Crippen molar-refractivity contribution in [2.24, 2.45) is 5.92 Å². The van der Waals surface area contributed by atoms with Crippen LogP contribution in [0, 0.1) is 11.7 Å². The van der Waals surface area contributed by atoms with E-state index in [2.05, 4.69) is 4.90 Å². The lowest BCUT2D eigenvalue weighted by Crippen LogP contribution is -2.35. The average Bonchev–Trinajstić information content (AvgIpc) is 2.90. The monoisotopic (exact) mass is 292 g/mol. The van der Waals surface area contributed by atoms with Gasteiger partial charge in [0.2, 0.25) is 0 Å². The molecule has 2 fully saturated rings. The van der Waals surface area contributed by atoms with Gasteiger partial charge < -0.3 is 15.4 Å². The third-order valence-corrected chi connectivity index (χ3v) is 4.86. The van der Waals surface area contributed by atoms with Crippen LogP contribution in [0.2, 0.25) is 0 Å². The Balaban J connectivity index is 1.87. The topological polar surface area (TPSA) is 38.5 Å². The first kappa shape index (κ1) is 14.5. The van der Waals surface area contributed by atoms with Crippen LogP contribution in [0.3, 0.4) is 0 Å². The van der Waals surface area contributed by atoms with Crippen molar-refractivity contribution < 1.29 is 9.13 Å². The molecule has 4 heteroatoms. The molecule has 3 rings (SSSR count). The first-order chi connectivity index (χ1) is 10.2. The molecule has 0 amide bonds. The maximum atomic E-state index is 14.0. The standard InChI is InChI=1S/C17H25FN2O/c1-2-9-21-17-11-16(14(19)10-13(17)18)20-8-7-12-5-3-4-6-15(12)20/h10-12,15H,2-9,19H2,1H3. The van der Waals surface area contributed by atoms with Crippen LogP contribution in [0.5, 0.6) is 5.75 Å². The number of anilines is 2. The molecular weight excluding hydrogens is 267 g/mol. The normalized spacial score (nSPS) is 25.0. The number of rotatable bonds is 4. The van der Waals surface area contributed by atoms with Gasteiger partial charge in [0, 0.05) is 24.7 Å². The molecular formula is C17H25FN2O. The molecule has 2 N–H and O–H groups in total. The second-order valence-electron chi connectivity index (χ2n) is 6.28. The molecule has 2 aliphatic rings. The number of ether oxygens (including phenoxy) is 1. The fourth-order valence-corrected chi connectivity index (χ4v) is 3.83. The summed E-state index contributed by atoms with van der Waals surface area (Å²) in [7, 11) is 0. The molecule has 1 heterocycles. The summed E-state index contributed by atoms with van der Waals surface area (Å²) in [6, 6.07) is 3.79. The molecule has 1 saturated heterocycles. The van der Waals surface area contributed by atoms with Crippen molar-refractivity contribution in [2.45, 2.75) is 51.5 Å². The van der Waals surface area contributed by atoms with Gasteiger partial charge in [0.1, 0.15) is 0 Å². The third-order valence-electron chi connectivity index (χ3n) is 4.86. The van der Waals surface area contributed by atoms with E-state index in [-0.39, 0.29) is 5.82 Å². The molecule has 1 aromatic rings. The number of hydrogen-bond donors (Lipinski definition) is 1. The molecule has 116 valence electrons. The van der Waals surface area contributed by atoms with E-state index in [4.69, 9.17) is 10.5 Å². The number of hydrogen-bond acceptors (Lipinski definition) is 3.